The molecule has 0 bridgehead atoms. The lowest BCUT2D eigenvalue weighted by molar-refractivity contribution is -0.131. The van der Waals surface area contributed by atoms with Crippen LogP contribution in [-0.2, 0) is 4.79 Å². The van der Waals surface area contributed by atoms with Gasteiger partial charge in [0.1, 0.15) is 0 Å². The zero-order valence-electron chi connectivity index (χ0n) is 11.3. The number of piperazine rings is 1. The van der Waals surface area contributed by atoms with Crippen molar-refractivity contribution in [3.05, 3.63) is 24.0 Å². The summed E-state index contributed by atoms with van der Waals surface area (Å²) in [5.74, 6) is -0.407. The number of anilines is 1. The molecule has 0 radical (unpaired) electrons. The molecular formula is C13H15N5O3. The maximum absolute atomic E-state index is 11.5. The summed E-state index contributed by atoms with van der Waals surface area (Å²) >= 11 is 0. The third kappa shape index (κ3) is 2.78. The molecule has 3 heterocycles. The van der Waals surface area contributed by atoms with Gasteiger partial charge in [-0.25, -0.2) is 19.6 Å². The molecule has 1 unspecified atom stereocenters. The summed E-state index contributed by atoms with van der Waals surface area (Å²) in [5.41, 5.74) is 0.637. The lowest BCUT2D eigenvalue weighted by Crippen LogP contribution is -2.52. The van der Waals surface area contributed by atoms with Crippen molar-refractivity contribution in [1.82, 2.24) is 20.2 Å². The third-order valence-corrected chi connectivity index (χ3v) is 3.59. The van der Waals surface area contributed by atoms with Gasteiger partial charge >= 0.3 is 12.0 Å². The first-order valence-corrected chi connectivity index (χ1v) is 6.66. The van der Waals surface area contributed by atoms with Gasteiger partial charge in [0.2, 0.25) is 5.95 Å². The number of amides is 2. The van der Waals surface area contributed by atoms with E-state index in [1.807, 2.05) is 9.80 Å². The molecule has 0 saturated carbocycles. The van der Waals surface area contributed by atoms with Crippen LogP contribution in [0.2, 0.25) is 0 Å². The number of nitrogens with one attached hydrogen (secondary N) is 1. The number of carboxylic acids is 1. The van der Waals surface area contributed by atoms with Crippen LogP contribution < -0.4 is 10.2 Å². The number of rotatable bonds is 3. The Bertz CT molecular complexity index is 586. The number of fused-ring (bicyclic) bond motifs is 1. The highest BCUT2D eigenvalue weighted by Crippen LogP contribution is 2.18. The van der Waals surface area contributed by atoms with E-state index in [0.29, 0.717) is 37.7 Å². The Morgan fingerprint density at radius 1 is 1.38 bits per heavy atom. The number of aromatic nitrogens is 2. The van der Waals surface area contributed by atoms with Gasteiger partial charge in [-0.15, -0.1) is 0 Å². The van der Waals surface area contributed by atoms with E-state index in [-0.39, 0.29) is 12.1 Å². The van der Waals surface area contributed by atoms with Crippen molar-refractivity contribution < 1.29 is 14.7 Å². The summed E-state index contributed by atoms with van der Waals surface area (Å²) < 4.78 is 0. The van der Waals surface area contributed by atoms with Crippen LogP contribution in [0.25, 0.3) is 6.08 Å². The Morgan fingerprint density at radius 2 is 2.14 bits per heavy atom. The predicted octanol–water partition coefficient (Wildman–Crippen LogP) is -0.212. The van der Waals surface area contributed by atoms with Gasteiger partial charge in [-0.05, 0) is 6.08 Å². The van der Waals surface area contributed by atoms with E-state index in [0.717, 1.165) is 6.08 Å². The molecule has 2 N–H and O–H groups in total. The molecule has 21 heavy (non-hydrogen) atoms. The standard InChI is InChI=1S/C13H15N5O3/c19-11(20)2-1-9-5-14-12(15-6-9)17-3-4-18-10(8-17)7-16-13(18)21/h1-2,5-6,10H,3-4,7-8H2,(H,16,21)(H,19,20)/b2-1+. The van der Waals surface area contributed by atoms with Crippen LogP contribution in [0.4, 0.5) is 10.7 Å². The molecule has 0 spiro atoms. The maximum Gasteiger partial charge on any atom is 0.328 e. The van der Waals surface area contributed by atoms with Gasteiger partial charge in [0.15, 0.2) is 0 Å². The highest BCUT2D eigenvalue weighted by Gasteiger charge is 2.36. The van der Waals surface area contributed by atoms with E-state index in [1.165, 1.54) is 6.08 Å². The van der Waals surface area contributed by atoms with Crippen LogP contribution in [0, 0.1) is 0 Å². The first-order valence-electron chi connectivity index (χ1n) is 6.66. The van der Waals surface area contributed by atoms with Gasteiger partial charge in [0.05, 0.1) is 6.04 Å². The normalized spacial score (nSPS) is 21.5. The maximum atomic E-state index is 11.5. The van der Waals surface area contributed by atoms with E-state index in [4.69, 9.17) is 5.11 Å². The van der Waals surface area contributed by atoms with Crippen molar-refractivity contribution in [2.45, 2.75) is 6.04 Å². The van der Waals surface area contributed by atoms with Gasteiger partial charge in [-0.1, -0.05) is 0 Å². The minimum Gasteiger partial charge on any atom is -0.478 e. The molecule has 8 nitrogen and oxygen atoms in total. The van der Waals surface area contributed by atoms with E-state index in [2.05, 4.69) is 15.3 Å². The molecule has 0 aromatic carbocycles. The molecule has 3 rings (SSSR count). The second-order valence-corrected chi connectivity index (χ2v) is 4.97. The van der Waals surface area contributed by atoms with Gasteiger partial charge in [-0.3, -0.25) is 0 Å². The quantitative estimate of drug-likeness (QED) is 0.747. The van der Waals surface area contributed by atoms with Crippen LogP contribution in [-0.4, -0.2) is 64.2 Å². The number of hydrogen-bond donors (Lipinski definition) is 2. The molecule has 0 aliphatic carbocycles. The summed E-state index contributed by atoms with van der Waals surface area (Å²) in [5, 5.41) is 11.4. The Hall–Kier alpha value is -2.64. The van der Waals surface area contributed by atoms with E-state index >= 15 is 0 Å². The monoisotopic (exact) mass is 289 g/mol. The van der Waals surface area contributed by atoms with Gasteiger partial charge in [0.25, 0.3) is 0 Å². The van der Waals surface area contributed by atoms with Crippen molar-refractivity contribution in [3.8, 4) is 0 Å². The number of carbonyl (C=O) groups is 2. The lowest BCUT2D eigenvalue weighted by Gasteiger charge is -2.36. The second kappa shape index (κ2) is 5.39. The minimum absolute atomic E-state index is 0.00489. The Balaban J connectivity index is 1.67. The van der Waals surface area contributed by atoms with Crippen LogP contribution in [0.5, 0.6) is 0 Å². The van der Waals surface area contributed by atoms with Crippen molar-refractivity contribution in [2.24, 2.45) is 0 Å². The van der Waals surface area contributed by atoms with Gasteiger partial charge in [0, 0.05) is 50.2 Å². The molecule has 110 valence electrons. The fourth-order valence-electron chi connectivity index (χ4n) is 2.53. The topological polar surface area (TPSA) is 98.7 Å². The van der Waals surface area contributed by atoms with Crippen molar-refractivity contribution in [1.29, 1.82) is 0 Å². The fraction of sp³-hybridized carbons (Fsp3) is 0.385. The minimum atomic E-state index is -1.01. The molecular weight excluding hydrogens is 274 g/mol. The van der Waals surface area contributed by atoms with E-state index < -0.39 is 5.97 Å². The molecule has 2 saturated heterocycles. The number of nitrogens with zero attached hydrogens (tertiary/aromatic N) is 4. The number of hydrogen-bond acceptors (Lipinski definition) is 5. The Labute approximate surface area is 121 Å². The Morgan fingerprint density at radius 3 is 2.86 bits per heavy atom. The molecule has 8 heteroatoms. The van der Waals surface area contributed by atoms with Crippen LogP contribution >= 0.6 is 0 Å². The predicted molar refractivity (Wildman–Crippen MR) is 74.8 cm³/mol. The lowest BCUT2D eigenvalue weighted by atomic mass is 10.2. The summed E-state index contributed by atoms with van der Waals surface area (Å²) in [7, 11) is 0. The van der Waals surface area contributed by atoms with Gasteiger partial charge < -0.3 is 20.2 Å². The van der Waals surface area contributed by atoms with Crippen LogP contribution in [0.3, 0.4) is 0 Å². The van der Waals surface area contributed by atoms with Gasteiger partial charge in [-0.2, -0.15) is 0 Å². The van der Waals surface area contributed by atoms with Crippen molar-refractivity contribution in [2.75, 3.05) is 31.1 Å². The highest BCUT2D eigenvalue weighted by atomic mass is 16.4. The summed E-state index contributed by atoms with van der Waals surface area (Å²) in [4.78, 5) is 34.4. The highest BCUT2D eigenvalue weighted by molar-refractivity contribution is 5.85. The Kier molecular flexibility index (Phi) is 3.43. The number of urea groups is 1. The zero-order chi connectivity index (χ0) is 14.8. The van der Waals surface area contributed by atoms with E-state index in [9.17, 15) is 9.59 Å². The first-order chi connectivity index (χ1) is 10.1. The molecule has 2 aliphatic heterocycles. The van der Waals surface area contributed by atoms with Crippen LogP contribution in [0.1, 0.15) is 5.56 Å². The van der Waals surface area contributed by atoms with E-state index in [1.54, 1.807) is 12.4 Å². The number of carbonyl (C=O) groups excluding carboxylic acids is 1. The molecule has 2 aliphatic rings. The third-order valence-electron chi connectivity index (χ3n) is 3.59. The second-order valence-electron chi connectivity index (χ2n) is 4.97. The summed E-state index contributed by atoms with van der Waals surface area (Å²) in [6, 6.07) is 0.149. The smallest absolute Gasteiger partial charge is 0.328 e. The number of aliphatic carboxylic acids is 1. The average molecular weight is 289 g/mol. The van der Waals surface area contributed by atoms with Crippen LogP contribution in [0.15, 0.2) is 18.5 Å². The average Bonchev–Trinajstić information content (AvgIpc) is 2.86. The number of carboxylic acid groups (broad SMARTS) is 1. The first kappa shape index (κ1) is 13.3. The zero-order valence-corrected chi connectivity index (χ0v) is 11.3. The SMILES string of the molecule is O=C(O)/C=C/c1cnc(N2CCN3C(=O)NCC3C2)nc1. The fourth-order valence-corrected chi connectivity index (χ4v) is 2.53. The van der Waals surface area contributed by atoms with Crippen molar-refractivity contribution in [3.63, 3.8) is 0 Å². The molecule has 2 fully saturated rings. The summed E-state index contributed by atoms with van der Waals surface area (Å²) in [6.45, 7) is 2.69. The largest absolute Gasteiger partial charge is 0.478 e. The summed E-state index contributed by atoms with van der Waals surface area (Å²) in [6.07, 6.45) is 5.68. The molecule has 1 aromatic rings. The molecule has 1 aromatic heterocycles. The molecule has 1 atom stereocenters. The molecule has 2 amide bonds. The van der Waals surface area contributed by atoms with Crippen molar-refractivity contribution >= 4 is 24.0 Å².